The number of nitrogens with zero attached hydrogens (tertiary/aromatic N) is 1. The average molecular weight is 236 g/mol. The molecule has 1 aromatic rings. The second-order valence-electron chi connectivity index (χ2n) is 4.39. The van der Waals surface area contributed by atoms with Crippen LogP contribution in [0.3, 0.4) is 0 Å². The molecule has 0 aromatic heterocycles. The van der Waals surface area contributed by atoms with E-state index in [9.17, 15) is 0 Å². The first kappa shape index (κ1) is 11.8. The second kappa shape index (κ2) is 5.11. The maximum absolute atomic E-state index is 5.76. The Hall–Kier alpha value is -0.670. The van der Waals surface area contributed by atoms with E-state index in [1.165, 1.54) is 22.6 Å². The molecule has 0 aliphatic carbocycles. The predicted molar refractivity (Wildman–Crippen MR) is 73.4 cm³/mol. The highest BCUT2D eigenvalue weighted by Crippen LogP contribution is 2.27. The molecule has 16 heavy (non-hydrogen) atoms. The summed E-state index contributed by atoms with van der Waals surface area (Å²) in [5, 5.41) is 0.591. The number of benzene rings is 1. The van der Waals surface area contributed by atoms with Gasteiger partial charge in [-0.05, 0) is 31.0 Å². The maximum Gasteiger partial charge on any atom is 0.0399 e. The number of hydrogen-bond acceptors (Lipinski definition) is 3. The number of aryl methyl sites for hydroxylation is 1. The largest absolute Gasteiger partial charge is 0.369 e. The van der Waals surface area contributed by atoms with E-state index in [1.807, 2.05) is 11.8 Å². The van der Waals surface area contributed by atoms with Crippen molar-refractivity contribution in [1.29, 1.82) is 0 Å². The van der Waals surface area contributed by atoms with E-state index < -0.39 is 0 Å². The van der Waals surface area contributed by atoms with Gasteiger partial charge in [0.25, 0.3) is 0 Å². The lowest BCUT2D eigenvalue weighted by Gasteiger charge is -2.34. The Morgan fingerprint density at radius 2 is 2.25 bits per heavy atom. The molecule has 1 aliphatic heterocycles. The summed E-state index contributed by atoms with van der Waals surface area (Å²) < 4.78 is 0. The van der Waals surface area contributed by atoms with Crippen LogP contribution in [-0.4, -0.2) is 30.6 Å². The van der Waals surface area contributed by atoms with Gasteiger partial charge in [-0.1, -0.05) is 12.1 Å². The minimum Gasteiger partial charge on any atom is -0.369 e. The standard InChI is InChI=1S/C13H20N2S/c1-10-4-3-5-13(11(10)2)15-6-7-16-12(8-14)9-15/h3-5,12H,6-9,14H2,1-2H3. The minimum atomic E-state index is 0.591. The molecule has 1 heterocycles. The molecule has 2 nitrogen and oxygen atoms in total. The molecule has 88 valence electrons. The predicted octanol–water partition coefficient (Wildman–Crippen LogP) is 2.18. The monoisotopic (exact) mass is 236 g/mol. The molecule has 1 atom stereocenters. The fraction of sp³-hybridized carbons (Fsp3) is 0.538. The van der Waals surface area contributed by atoms with Crippen LogP contribution in [-0.2, 0) is 0 Å². The van der Waals surface area contributed by atoms with Crippen LogP contribution < -0.4 is 10.6 Å². The van der Waals surface area contributed by atoms with Crippen molar-refractivity contribution >= 4 is 17.4 Å². The Morgan fingerprint density at radius 3 is 3.00 bits per heavy atom. The lowest BCUT2D eigenvalue weighted by Crippen LogP contribution is -2.41. The number of thioether (sulfide) groups is 1. The van der Waals surface area contributed by atoms with Crippen LogP contribution in [0.2, 0.25) is 0 Å². The molecule has 0 radical (unpaired) electrons. The third-order valence-electron chi connectivity index (χ3n) is 3.32. The number of anilines is 1. The summed E-state index contributed by atoms with van der Waals surface area (Å²) in [6.07, 6.45) is 0. The van der Waals surface area contributed by atoms with E-state index in [1.54, 1.807) is 0 Å². The lowest BCUT2D eigenvalue weighted by atomic mass is 10.1. The highest BCUT2D eigenvalue weighted by atomic mass is 32.2. The Bertz CT molecular complexity index is 365. The van der Waals surface area contributed by atoms with Crippen molar-refractivity contribution in [3.05, 3.63) is 29.3 Å². The Labute approximate surface area is 102 Å². The van der Waals surface area contributed by atoms with Gasteiger partial charge in [-0.15, -0.1) is 0 Å². The highest BCUT2D eigenvalue weighted by molar-refractivity contribution is 8.00. The van der Waals surface area contributed by atoms with E-state index in [0.29, 0.717) is 5.25 Å². The summed E-state index contributed by atoms with van der Waals surface area (Å²) in [4.78, 5) is 2.48. The topological polar surface area (TPSA) is 29.3 Å². The molecule has 0 bridgehead atoms. The number of hydrogen-bond donors (Lipinski definition) is 1. The van der Waals surface area contributed by atoms with Gasteiger partial charge in [0.15, 0.2) is 0 Å². The van der Waals surface area contributed by atoms with Crippen molar-refractivity contribution in [2.75, 3.05) is 30.3 Å². The quantitative estimate of drug-likeness (QED) is 0.853. The summed E-state index contributed by atoms with van der Waals surface area (Å²) in [5.74, 6) is 1.19. The first-order chi connectivity index (χ1) is 7.72. The first-order valence-electron chi connectivity index (χ1n) is 5.85. The van der Waals surface area contributed by atoms with Crippen molar-refractivity contribution in [2.24, 2.45) is 5.73 Å². The van der Waals surface area contributed by atoms with Crippen LogP contribution in [0.4, 0.5) is 5.69 Å². The van der Waals surface area contributed by atoms with Gasteiger partial charge in [0.05, 0.1) is 0 Å². The van der Waals surface area contributed by atoms with Gasteiger partial charge in [-0.25, -0.2) is 0 Å². The Balaban J connectivity index is 2.20. The molecule has 1 aliphatic rings. The van der Waals surface area contributed by atoms with E-state index in [4.69, 9.17) is 5.73 Å². The third-order valence-corrected chi connectivity index (χ3v) is 4.55. The molecule has 1 unspecified atom stereocenters. The van der Waals surface area contributed by atoms with Crippen LogP contribution >= 0.6 is 11.8 Å². The Kier molecular flexibility index (Phi) is 3.77. The van der Waals surface area contributed by atoms with Crippen LogP contribution in [0, 0.1) is 13.8 Å². The molecule has 0 saturated carbocycles. The summed E-state index contributed by atoms with van der Waals surface area (Å²) >= 11 is 2.01. The second-order valence-corrected chi connectivity index (χ2v) is 5.80. The van der Waals surface area contributed by atoms with Gasteiger partial charge in [0, 0.05) is 36.3 Å². The summed E-state index contributed by atoms with van der Waals surface area (Å²) in [5.41, 5.74) is 9.93. The minimum absolute atomic E-state index is 0.591. The first-order valence-corrected chi connectivity index (χ1v) is 6.90. The molecule has 2 rings (SSSR count). The summed E-state index contributed by atoms with van der Waals surface area (Å²) in [6, 6.07) is 6.56. The molecule has 1 saturated heterocycles. The van der Waals surface area contributed by atoms with Crippen molar-refractivity contribution in [2.45, 2.75) is 19.1 Å². The van der Waals surface area contributed by atoms with Crippen LogP contribution in [0.25, 0.3) is 0 Å². The highest BCUT2D eigenvalue weighted by Gasteiger charge is 2.20. The molecule has 3 heteroatoms. The summed E-state index contributed by atoms with van der Waals surface area (Å²) in [7, 11) is 0. The van der Waals surface area contributed by atoms with E-state index in [2.05, 4.69) is 36.9 Å². The van der Waals surface area contributed by atoms with Crippen molar-refractivity contribution in [3.63, 3.8) is 0 Å². The van der Waals surface area contributed by atoms with Gasteiger partial charge in [-0.2, -0.15) is 11.8 Å². The fourth-order valence-corrected chi connectivity index (χ4v) is 3.24. The molecule has 1 fully saturated rings. The fourth-order valence-electron chi connectivity index (χ4n) is 2.16. The van der Waals surface area contributed by atoms with Gasteiger partial charge in [0.1, 0.15) is 0 Å². The van der Waals surface area contributed by atoms with Gasteiger partial charge in [0.2, 0.25) is 0 Å². The molecule has 2 N–H and O–H groups in total. The Morgan fingerprint density at radius 1 is 1.44 bits per heavy atom. The van der Waals surface area contributed by atoms with Gasteiger partial charge >= 0.3 is 0 Å². The third kappa shape index (κ3) is 2.36. The SMILES string of the molecule is Cc1cccc(N2CCSC(CN)C2)c1C. The molecule has 0 amide bonds. The van der Waals surface area contributed by atoms with Crippen molar-refractivity contribution < 1.29 is 0 Å². The number of nitrogens with two attached hydrogens (primary N) is 1. The van der Waals surface area contributed by atoms with E-state index >= 15 is 0 Å². The normalized spacial score (nSPS) is 21.2. The van der Waals surface area contributed by atoms with Crippen molar-refractivity contribution in [3.8, 4) is 0 Å². The lowest BCUT2D eigenvalue weighted by molar-refractivity contribution is 0.746. The zero-order valence-electron chi connectivity index (χ0n) is 10.1. The van der Waals surface area contributed by atoms with Crippen LogP contribution in [0.15, 0.2) is 18.2 Å². The zero-order valence-corrected chi connectivity index (χ0v) is 10.9. The van der Waals surface area contributed by atoms with E-state index in [0.717, 1.165) is 19.6 Å². The van der Waals surface area contributed by atoms with Gasteiger partial charge in [-0.3, -0.25) is 0 Å². The maximum atomic E-state index is 5.76. The summed E-state index contributed by atoms with van der Waals surface area (Å²) in [6.45, 7) is 7.41. The molecule has 1 aromatic carbocycles. The van der Waals surface area contributed by atoms with Gasteiger partial charge < -0.3 is 10.6 Å². The van der Waals surface area contributed by atoms with Crippen molar-refractivity contribution in [1.82, 2.24) is 0 Å². The molecular weight excluding hydrogens is 216 g/mol. The smallest absolute Gasteiger partial charge is 0.0399 e. The molecule has 0 spiro atoms. The molecular formula is C13H20N2S. The van der Waals surface area contributed by atoms with E-state index in [-0.39, 0.29) is 0 Å². The van der Waals surface area contributed by atoms with Crippen LogP contribution in [0.5, 0.6) is 0 Å². The zero-order chi connectivity index (χ0) is 11.5. The van der Waals surface area contributed by atoms with Crippen LogP contribution in [0.1, 0.15) is 11.1 Å². The number of rotatable bonds is 2. The average Bonchev–Trinajstić information content (AvgIpc) is 2.33.